The van der Waals surface area contributed by atoms with Gasteiger partial charge in [0.15, 0.2) is 0 Å². The van der Waals surface area contributed by atoms with Crippen molar-refractivity contribution in [3.63, 3.8) is 0 Å². The van der Waals surface area contributed by atoms with Gasteiger partial charge in [0.1, 0.15) is 19.6 Å². The molecule has 12 nitrogen and oxygen atoms in total. The SMILES string of the molecule is COC1C(CN2O[C@@H](CO)[C@H]([C@H](C)O)[C@H]2C(=O)N[C@H]2C[C@H]3C[C@@H]([C@@H]2C)C3(C)C)CCCC1C1CC(C(=O)N[C@H](C[N+](C)(C)[B-]C#N)C2CCCCC2)CC(N(C)C)C1. The molecule has 7 rings (SSSR count). The summed E-state index contributed by atoms with van der Waals surface area (Å²) in [6, 6.07) is -0.347. The number of aliphatic hydroxyl groups excluding tert-OH is 2. The van der Waals surface area contributed by atoms with Gasteiger partial charge in [-0.2, -0.15) is 5.06 Å². The van der Waals surface area contributed by atoms with Gasteiger partial charge in [-0.3, -0.25) is 14.4 Å². The van der Waals surface area contributed by atoms with Gasteiger partial charge in [-0.1, -0.05) is 46.5 Å². The molecule has 328 valence electrons. The molecule has 2 radical (unpaired) electrons. The minimum absolute atomic E-state index is 0.0223. The van der Waals surface area contributed by atoms with Gasteiger partial charge in [-0.25, -0.2) is 5.26 Å². The van der Waals surface area contributed by atoms with E-state index in [4.69, 9.17) is 9.57 Å². The fourth-order valence-electron chi connectivity index (χ4n) is 13.3. The van der Waals surface area contributed by atoms with E-state index in [-0.39, 0.29) is 66.3 Å². The zero-order chi connectivity index (χ0) is 42.1. The molecule has 6 aliphatic carbocycles. The van der Waals surface area contributed by atoms with Gasteiger partial charge in [0.2, 0.25) is 11.8 Å². The van der Waals surface area contributed by atoms with Crippen molar-refractivity contribution < 1.29 is 33.8 Å². The average molecular weight is 811 g/mol. The first kappa shape index (κ1) is 45.7. The molecule has 1 heterocycles. The largest absolute Gasteiger partial charge is 0.551 e. The van der Waals surface area contributed by atoms with Crippen molar-refractivity contribution in [2.75, 3.05) is 55.0 Å². The summed E-state index contributed by atoms with van der Waals surface area (Å²) >= 11 is 0. The summed E-state index contributed by atoms with van der Waals surface area (Å²) in [5.74, 6) is 4.17. The zero-order valence-corrected chi connectivity index (χ0v) is 37.4. The number of nitriles is 1. The Labute approximate surface area is 351 Å². The maximum atomic E-state index is 14.5. The third-order valence-corrected chi connectivity index (χ3v) is 16.8. The Morgan fingerprint density at radius 2 is 1.78 bits per heavy atom. The predicted molar refractivity (Wildman–Crippen MR) is 225 cm³/mol. The number of likely N-dealkylation sites (N-methyl/N-ethyl adjacent to an activating group) is 1. The Bertz CT molecular complexity index is 1440. The van der Waals surface area contributed by atoms with Gasteiger partial charge in [0, 0.05) is 57.6 Å². The van der Waals surface area contributed by atoms with Crippen LogP contribution in [-0.4, -0.2) is 141 Å². The molecular weight excluding hydrogens is 731 g/mol. The topological polar surface area (TPSA) is 147 Å². The lowest BCUT2D eigenvalue weighted by Gasteiger charge is -2.62. The number of carbonyl (C=O) groups excluding carboxylic acids is 2. The Kier molecular flexibility index (Phi) is 15.0. The summed E-state index contributed by atoms with van der Waals surface area (Å²) in [4.78, 5) is 37.6. The Hall–Kier alpha value is -1.79. The molecule has 6 saturated carbocycles. The van der Waals surface area contributed by atoms with Crippen molar-refractivity contribution in [1.82, 2.24) is 20.6 Å². The van der Waals surface area contributed by atoms with E-state index in [2.05, 4.69) is 56.4 Å². The van der Waals surface area contributed by atoms with E-state index in [1.807, 2.05) is 14.1 Å². The van der Waals surface area contributed by atoms with Gasteiger partial charge in [0.05, 0.1) is 31.4 Å². The van der Waals surface area contributed by atoms with E-state index in [9.17, 15) is 25.1 Å². The number of hydrogen-bond donors (Lipinski definition) is 4. The molecule has 2 amide bonds. The monoisotopic (exact) mass is 811 g/mol. The fourth-order valence-corrected chi connectivity index (χ4v) is 13.3. The van der Waals surface area contributed by atoms with Gasteiger partial charge in [-0.05, 0) is 120 Å². The number of carbonyl (C=O) groups is 2. The number of hydroxylamine groups is 2. The second-order valence-electron chi connectivity index (χ2n) is 21.3. The highest BCUT2D eigenvalue weighted by molar-refractivity contribution is 6.36. The number of hydrogen-bond acceptors (Lipinski definition) is 9. The normalized spacial score (nSPS) is 39.3. The summed E-state index contributed by atoms with van der Waals surface area (Å²) in [7, 11) is 11.8. The summed E-state index contributed by atoms with van der Waals surface area (Å²) in [5, 5.41) is 39.8. The van der Waals surface area contributed by atoms with Crippen LogP contribution in [0.15, 0.2) is 0 Å². The van der Waals surface area contributed by atoms with Gasteiger partial charge >= 0.3 is 0 Å². The van der Waals surface area contributed by atoms with Crippen molar-refractivity contribution >= 4 is 19.2 Å². The number of nitrogens with one attached hydrogen (secondary N) is 2. The molecule has 7 aliphatic rings. The highest BCUT2D eigenvalue weighted by Gasteiger charge is 2.58. The standard InChI is InChI=1S/C45H78BN6O6/c1-27-36-21-33(45(36,3)4)22-37(27)48-44(56)41-40(28(2)54)39(25-53)58-51(41)23-30-16-13-17-35(42(30)57-9)31-18-32(20-34(19-31)50(5)6)43(55)49-38(24-52(7,8)46-26-47)29-14-11-10-12-15-29/h27-42,53-54H,10-25H2,1-9H3,(H-,48,49,55,56)/q-1/p+1/t27-,28-,30?,31?,32?,33+,34?,35?,36-,37-,38+,39-,40-,41-,42?/m0/s1. The number of quaternary nitrogens is 1. The molecule has 4 N–H and O–H groups in total. The summed E-state index contributed by atoms with van der Waals surface area (Å²) in [6.45, 7) is 9.60. The second-order valence-corrected chi connectivity index (χ2v) is 21.3. The zero-order valence-electron chi connectivity index (χ0n) is 37.4. The molecule has 7 fully saturated rings. The highest BCUT2D eigenvalue weighted by atomic mass is 16.7. The fraction of sp³-hybridized carbons (Fsp3) is 0.933. The van der Waals surface area contributed by atoms with E-state index in [0.717, 1.165) is 57.8 Å². The van der Waals surface area contributed by atoms with Crippen molar-refractivity contribution in [1.29, 1.82) is 5.26 Å². The van der Waals surface area contributed by atoms with Crippen LogP contribution >= 0.6 is 0 Å². The quantitative estimate of drug-likeness (QED) is 0.179. The number of methoxy groups -OCH3 is 1. The van der Waals surface area contributed by atoms with E-state index < -0.39 is 24.2 Å². The number of nitrogens with zero attached hydrogens (tertiary/aromatic N) is 4. The van der Waals surface area contributed by atoms with Gasteiger partial charge in [0.25, 0.3) is 0 Å². The van der Waals surface area contributed by atoms with Crippen LogP contribution in [0.2, 0.25) is 0 Å². The van der Waals surface area contributed by atoms with E-state index in [0.29, 0.717) is 46.6 Å². The summed E-state index contributed by atoms with van der Waals surface area (Å²) in [6.07, 6.45) is 12.1. The maximum absolute atomic E-state index is 14.5. The Morgan fingerprint density at radius 3 is 2.38 bits per heavy atom. The summed E-state index contributed by atoms with van der Waals surface area (Å²) in [5.41, 5.74) is 0.306. The van der Waals surface area contributed by atoms with Crippen LogP contribution < -0.4 is 10.6 Å². The van der Waals surface area contributed by atoms with Crippen LogP contribution in [0, 0.1) is 69.9 Å². The molecule has 0 spiro atoms. The third kappa shape index (κ3) is 9.79. The smallest absolute Gasteiger partial charge is 0.240 e. The molecule has 0 aromatic heterocycles. The van der Waals surface area contributed by atoms with Crippen LogP contribution in [-0.2, 0) is 19.2 Å². The van der Waals surface area contributed by atoms with Crippen LogP contribution in [0.4, 0.5) is 0 Å². The predicted octanol–water partition coefficient (Wildman–Crippen LogP) is 4.17. The lowest BCUT2D eigenvalue weighted by Crippen LogP contribution is -2.62. The molecule has 13 heteroatoms. The van der Waals surface area contributed by atoms with Gasteiger partial charge < -0.3 is 34.9 Å². The van der Waals surface area contributed by atoms with Crippen LogP contribution in [0.25, 0.3) is 0 Å². The van der Waals surface area contributed by atoms with Crippen LogP contribution in [0.5, 0.6) is 0 Å². The highest BCUT2D eigenvalue weighted by Crippen LogP contribution is 2.61. The average Bonchev–Trinajstić information content (AvgIpc) is 3.56. The van der Waals surface area contributed by atoms with E-state index in [1.54, 1.807) is 26.5 Å². The Morgan fingerprint density at radius 1 is 1.05 bits per heavy atom. The number of ether oxygens (including phenoxy) is 1. The Balaban J connectivity index is 1.17. The van der Waals surface area contributed by atoms with Crippen LogP contribution in [0.1, 0.15) is 111 Å². The van der Waals surface area contributed by atoms with E-state index >= 15 is 0 Å². The number of rotatable bonds is 15. The lowest BCUT2D eigenvalue weighted by molar-refractivity contribution is -0.779. The molecule has 58 heavy (non-hydrogen) atoms. The third-order valence-electron chi connectivity index (χ3n) is 16.8. The van der Waals surface area contributed by atoms with Crippen molar-refractivity contribution in [2.45, 2.75) is 154 Å². The minimum atomic E-state index is -0.841. The second kappa shape index (κ2) is 19.1. The maximum Gasteiger partial charge on any atom is 0.240 e. The molecule has 0 aromatic rings. The van der Waals surface area contributed by atoms with Crippen molar-refractivity contribution in [3.05, 3.63) is 0 Å². The lowest BCUT2D eigenvalue weighted by atomic mass is 9.45. The first-order valence-corrected chi connectivity index (χ1v) is 23.1. The number of fused-ring (bicyclic) bond motifs is 2. The van der Waals surface area contributed by atoms with Crippen molar-refractivity contribution in [3.8, 4) is 5.97 Å². The molecule has 6 unspecified atom stereocenters. The van der Waals surface area contributed by atoms with Crippen LogP contribution in [0.3, 0.4) is 0 Å². The molecule has 0 aromatic carbocycles. The van der Waals surface area contributed by atoms with Crippen molar-refractivity contribution in [2.24, 2.45) is 58.7 Å². The number of amides is 2. The molecule has 2 bridgehead atoms. The first-order valence-electron chi connectivity index (χ1n) is 23.1. The van der Waals surface area contributed by atoms with E-state index in [1.165, 1.54) is 25.7 Å². The molecule has 1 aliphatic heterocycles. The first-order chi connectivity index (χ1) is 27.5. The van der Waals surface area contributed by atoms with Gasteiger partial charge in [-0.15, -0.1) is 5.97 Å². The number of aliphatic hydroxyl groups is 2. The molecule has 1 saturated heterocycles. The molecular formula is C45H79BN6O6. The summed E-state index contributed by atoms with van der Waals surface area (Å²) < 4.78 is 6.91. The minimum Gasteiger partial charge on any atom is -0.551 e. The molecule has 15 atom stereocenters.